The molecule has 1 N–H and O–H groups in total. The Morgan fingerprint density at radius 3 is 2.43 bits per heavy atom. The van der Waals surface area contributed by atoms with Crippen LogP contribution in [-0.4, -0.2) is 15.9 Å². The van der Waals surface area contributed by atoms with Gasteiger partial charge in [-0.1, -0.05) is 36.4 Å². The largest absolute Gasteiger partial charge is 0.326 e. The summed E-state index contributed by atoms with van der Waals surface area (Å²) in [6.07, 6.45) is 0.149. The quantitative estimate of drug-likeness (QED) is 0.891. The lowest BCUT2D eigenvalue weighted by Gasteiger charge is -2.06. The smallest absolute Gasteiger partial charge is 0.225 e. The molecule has 1 atom stereocenters. The van der Waals surface area contributed by atoms with E-state index in [0.29, 0.717) is 11.3 Å². The first-order valence-electron chi connectivity index (χ1n) is 6.58. The van der Waals surface area contributed by atoms with Crippen LogP contribution >= 0.6 is 0 Å². The standard InChI is InChI=1S/C16H16FNO2S/c17-15-9-5-4-6-13(15)12-21(20)11-10-16(19)18-14-7-2-1-3-8-14/h1-9H,10-12H2,(H,18,19)/t21-/m1/s1. The van der Waals surface area contributed by atoms with Gasteiger partial charge in [0.05, 0.1) is 5.75 Å². The fourth-order valence-electron chi connectivity index (χ4n) is 1.81. The number of hydrogen-bond donors (Lipinski definition) is 1. The second-order valence-corrected chi connectivity index (χ2v) is 6.12. The maximum absolute atomic E-state index is 13.4. The van der Waals surface area contributed by atoms with Crippen molar-refractivity contribution < 1.29 is 13.4 Å². The van der Waals surface area contributed by atoms with Crippen LogP contribution < -0.4 is 5.32 Å². The van der Waals surface area contributed by atoms with Gasteiger partial charge in [-0.3, -0.25) is 9.00 Å². The van der Waals surface area contributed by atoms with Gasteiger partial charge < -0.3 is 5.32 Å². The molecule has 0 heterocycles. The highest BCUT2D eigenvalue weighted by atomic mass is 32.2. The Hall–Kier alpha value is -2.01. The molecule has 2 aromatic rings. The Bertz CT molecular complexity index is 631. The molecule has 110 valence electrons. The van der Waals surface area contributed by atoms with Crippen LogP contribution in [-0.2, 0) is 21.3 Å². The Kier molecular flexibility index (Phi) is 5.63. The van der Waals surface area contributed by atoms with E-state index in [4.69, 9.17) is 0 Å². The lowest BCUT2D eigenvalue weighted by molar-refractivity contribution is -0.115. The number of hydrogen-bond acceptors (Lipinski definition) is 2. The zero-order chi connectivity index (χ0) is 15.1. The van der Waals surface area contributed by atoms with Gasteiger partial charge in [0.25, 0.3) is 0 Å². The van der Waals surface area contributed by atoms with E-state index in [1.54, 1.807) is 30.3 Å². The average Bonchev–Trinajstić information content (AvgIpc) is 2.49. The SMILES string of the molecule is O=C(CC[S@@](=O)Cc1ccccc1F)Nc1ccccc1. The lowest BCUT2D eigenvalue weighted by Crippen LogP contribution is -2.15. The third kappa shape index (κ3) is 5.11. The van der Waals surface area contributed by atoms with Crippen molar-refractivity contribution in [3.05, 3.63) is 66.0 Å². The number of nitrogens with one attached hydrogen (secondary N) is 1. The Morgan fingerprint density at radius 2 is 1.71 bits per heavy atom. The van der Waals surface area contributed by atoms with Gasteiger partial charge in [0.1, 0.15) is 5.82 Å². The molecule has 0 radical (unpaired) electrons. The fourth-order valence-corrected chi connectivity index (χ4v) is 2.95. The van der Waals surface area contributed by atoms with Crippen molar-refractivity contribution in [1.82, 2.24) is 0 Å². The topological polar surface area (TPSA) is 46.2 Å². The molecule has 1 amide bonds. The van der Waals surface area contributed by atoms with Crippen LogP contribution in [0, 0.1) is 5.82 Å². The summed E-state index contributed by atoms with van der Waals surface area (Å²) in [6.45, 7) is 0. The summed E-state index contributed by atoms with van der Waals surface area (Å²) in [5.74, 6) is -0.208. The first-order chi connectivity index (χ1) is 10.1. The second-order valence-electron chi connectivity index (χ2n) is 4.54. The summed E-state index contributed by atoms with van der Waals surface area (Å²) in [6, 6.07) is 15.3. The average molecular weight is 305 g/mol. The van der Waals surface area contributed by atoms with Crippen molar-refractivity contribution in [2.45, 2.75) is 12.2 Å². The van der Waals surface area contributed by atoms with Gasteiger partial charge in [-0.2, -0.15) is 0 Å². The number of amides is 1. The van der Waals surface area contributed by atoms with Crippen molar-refractivity contribution in [2.24, 2.45) is 0 Å². The zero-order valence-corrected chi connectivity index (χ0v) is 12.2. The van der Waals surface area contributed by atoms with Gasteiger partial charge in [-0.15, -0.1) is 0 Å². The van der Waals surface area contributed by atoms with Crippen LogP contribution in [0.4, 0.5) is 10.1 Å². The van der Waals surface area contributed by atoms with E-state index >= 15 is 0 Å². The third-order valence-electron chi connectivity index (χ3n) is 2.89. The Labute approximate surface area is 125 Å². The molecule has 0 spiro atoms. The number of rotatable bonds is 6. The molecule has 0 fully saturated rings. The normalized spacial score (nSPS) is 11.9. The van der Waals surface area contributed by atoms with Crippen LogP contribution in [0.1, 0.15) is 12.0 Å². The third-order valence-corrected chi connectivity index (χ3v) is 4.18. The molecule has 0 bridgehead atoms. The molecule has 0 aliphatic rings. The predicted molar refractivity (Wildman–Crippen MR) is 82.8 cm³/mol. The molecular formula is C16H16FNO2S. The number of carbonyl (C=O) groups is 1. The fraction of sp³-hybridized carbons (Fsp3) is 0.188. The number of carbonyl (C=O) groups excluding carboxylic acids is 1. The van der Waals surface area contributed by atoms with Crippen LogP contribution in [0.5, 0.6) is 0 Å². The molecule has 2 aromatic carbocycles. The summed E-state index contributed by atoms with van der Waals surface area (Å²) in [4.78, 5) is 11.7. The number of halogens is 1. The molecule has 0 aliphatic heterocycles. The summed E-state index contributed by atoms with van der Waals surface area (Å²) < 4.78 is 25.3. The van der Waals surface area contributed by atoms with Gasteiger partial charge in [-0.05, 0) is 18.2 Å². The van der Waals surface area contributed by atoms with Crippen LogP contribution in [0.25, 0.3) is 0 Å². The Balaban J connectivity index is 1.79. The number of anilines is 1. The van der Waals surface area contributed by atoms with Gasteiger partial charge in [0.15, 0.2) is 0 Å². The van der Waals surface area contributed by atoms with Gasteiger partial charge in [0, 0.05) is 34.2 Å². The van der Waals surface area contributed by atoms with Crippen LogP contribution in [0.3, 0.4) is 0 Å². The van der Waals surface area contributed by atoms with Crippen molar-refractivity contribution in [3.63, 3.8) is 0 Å². The van der Waals surface area contributed by atoms with E-state index in [9.17, 15) is 13.4 Å². The van der Waals surface area contributed by atoms with Crippen LogP contribution in [0.2, 0.25) is 0 Å². The summed E-state index contributed by atoms with van der Waals surface area (Å²) in [5, 5.41) is 2.73. The van der Waals surface area contributed by atoms with E-state index in [2.05, 4.69) is 5.32 Å². The van der Waals surface area contributed by atoms with Crippen LogP contribution in [0.15, 0.2) is 54.6 Å². The molecule has 0 aliphatic carbocycles. The minimum absolute atomic E-state index is 0.130. The van der Waals surface area contributed by atoms with E-state index in [1.165, 1.54) is 6.07 Å². The maximum atomic E-state index is 13.4. The highest BCUT2D eigenvalue weighted by Crippen LogP contribution is 2.10. The molecular weight excluding hydrogens is 289 g/mol. The minimum Gasteiger partial charge on any atom is -0.326 e. The van der Waals surface area contributed by atoms with E-state index in [0.717, 1.165) is 0 Å². The summed E-state index contributed by atoms with van der Waals surface area (Å²) in [5.41, 5.74) is 1.13. The zero-order valence-electron chi connectivity index (χ0n) is 11.4. The first-order valence-corrected chi connectivity index (χ1v) is 8.07. The van der Waals surface area contributed by atoms with E-state index in [-0.39, 0.29) is 29.7 Å². The maximum Gasteiger partial charge on any atom is 0.225 e. The number of para-hydroxylation sites is 1. The molecule has 0 saturated heterocycles. The summed E-state index contributed by atoms with van der Waals surface area (Å²) >= 11 is 0. The van der Waals surface area contributed by atoms with Crippen molar-refractivity contribution in [2.75, 3.05) is 11.1 Å². The number of benzene rings is 2. The van der Waals surface area contributed by atoms with Crippen molar-refractivity contribution in [3.8, 4) is 0 Å². The molecule has 0 saturated carbocycles. The summed E-state index contributed by atoms with van der Waals surface area (Å²) in [7, 11) is -1.26. The van der Waals surface area contributed by atoms with Crippen molar-refractivity contribution in [1.29, 1.82) is 0 Å². The van der Waals surface area contributed by atoms with Crippen molar-refractivity contribution >= 4 is 22.4 Å². The van der Waals surface area contributed by atoms with Gasteiger partial charge >= 0.3 is 0 Å². The molecule has 5 heteroatoms. The first kappa shape index (κ1) is 15.4. The minimum atomic E-state index is -1.26. The second kappa shape index (κ2) is 7.69. The van der Waals surface area contributed by atoms with Gasteiger partial charge in [-0.25, -0.2) is 4.39 Å². The predicted octanol–water partition coefficient (Wildman–Crippen LogP) is 3.10. The molecule has 2 rings (SSSR count). The highest BCUT2D eigenvalue weighted by Gasteiger charge is 2.09. The molecule has 3 nitrogen and oxygen atoms in total. The Morgan fingerprint density at radius 1 is 1.05 bits per heavy atom. The molecule has 0 unspecified atom stereocenters. The highest BCUT2D eigenvalue weighted by molar-refractivity contribution is 7.84. The molecule has 21 heavy (non-hydrogen) atoms. The van der Waals surface area contributed by atoms with Gasteiger partial charge in [0.2, 0.25) is 5.91 Å². The monoisotopic (exact) mass is 305 g/mol. The van der Waals surface area contributed by atoms with E-state index in [1.807, 2.05) is 18.2 Å². The molecule has 0 aromatic heterocycles. The lowest BCUT2D eigenvalue weighted by atomic mass is 10.2. The van der Waals surface area contributed by atoms with E-state index < -0.39 is 10.8 Å².